The number of primary amides is 1. The first-order valence-electron chi connectivity index (χ1n) is 4.70. The minimum Gasteiger partial charge on any atom is -0.364 e. The molecule has 0 aliphatic rings. The van der Waals surface area contributed by atoms with Gasteiger partial charge in [0.2, 0.25) is 0 Å². The first kappa shape index (κ1) is 10.9. The number of hydrogen-bond donors (Lipinski definition) is 1. The summed E-state index contributed by atoms with van der Waals surface area (Å²) in [4.78, 5) is 11.0. The Balaban J connectivity index is 2.52. The quantitative estimate of drug-likeness (QED) is 0.915. The molecule has 5 heteroatoms. The summed E-state index contributed by atoms with van der Waals surface area (Å²) in [6, 6.07) is 9.34. The molecule has 0 radical (unpaired) electrons. The molecule has 0 atom stereocenters. The predicted molar refractivity (Wildman–Crippen MR) is 64.5 cm³/mol. The van der Waals surface area contributed by atoms with Crippen LogP contribution in [0.25, 0.3) is 5.69 Å². The molecule has 0 fully saturated rings. The molecular formula is C11H10BrN3O. The van der Waals surface area contributed by atoms with E-state index in [1.165, 1.54) is 0 Å². The van der Waals surface area contributed by atoms with Crippen molar-refractivity contribution in [3.8, 4) is 5.69 Å². The number of nitrogens with two attached hydrogens (primary N) is 1. The highest BCUT2D eigenvalue weighted by atomic mass is 79.9. The largest absolute Gasteiger partial charge is 0.364 e. The van der Waals surface area contributed by atoms with Gasteiger partial charge >= 0.3 is 0 Å². The van der Waals surface area contributed by atoms with E-state index in [0.29, 0.717) is 0 Å². The Labute approximate surface area is 101 Å². The van der Waals surface area contributed by atoms with Gasteiger partial charge in [-0.05, 0) is 31.2 Å². The van der Waals surface area contributed by atoms with E-state index < -0.39 is 5.91 Å². The summed E-state index contributed by atoms with van der Waals surface area (Å²) in [6.07, 6.45) is 0. The molecule has 1 heterocycles. The molecule has 0 saturated heterocycles. The number of carbonyl (C=O) groups excluding carboxylic acids is 1. The fourth-order valence-corrected chi connectivity index (χ4v) is 1.85. The van der Waals surface area contributed by atoms with Crippen molar-refractivity contribution >= 4 is 21.8 Å². The van der Waals surface area contributed by atoms with Crippen LogP contribution in [-0.2, 0) is 0 Å². The molecule has 1 aromatic carbocycles. The van der Waals surface area contributed by atoms with Crippen molar-refractivity contribution in [2.75, 3.05) is 0 Å². The minimum absolute atomic E-state index is 0.275. The summed E-state index contributed by atoms with van der Waals surface area (Å²) in [5.41, 5.74) is 7.21. The van der Waals surface area contributed by atoms with E-state index in [0.717, 1.165) is 15.9 Å². The second kappa shape index (κ2) is 4.09. The van der Waals surface area contributed by atoms with E-state index in [2.05, 4.69) is 21.0 Å². The lowest BCUT2D eigenvalue weighted by Gasteiger charge is -2.03. The molecule has 0 aliphatic carbocycles. The highest BCUT2D eigenvalue weighted by molar-refractivity contribution is 9.10. The van der Waals surface area contributed by atoms with E-state index >= 15 is 0 Å². The molecule has 2 N–H and O–H groups in total. The third-order valence-electron chi connectivity index (χ3n) is 2.19. The lowest BCUT2D eigenvalue weighted by Crippen LogP contribution is -2.12. The molecule has 0 saturated carbocycles. The van der Waals surface area contributed by atoms with Crippen LogP contribution in [0.1, 0.15) is 16.2 Å². The molecule has 0 unspecified atom stereocenters. The molecule has 2 aromatic rings. The van der Waals surface area contributed by atoms with Crippen LogP contribution in [0.15, 0.2) is 34.8 Å². The van der Waals surface area contributed by atoms with Gasteiger partial charge in [-0.1, -0.05) is 22.0 Å². The average molecular weight is 280 g/mol. The van der Waals surface area contributed by atoms with Crippen LogP contribution in [0, 0.1) is 6.92 Å². The zero-order valence-electron chi connectivity index (χ0n) is 8.64. The highest BCUT2D eigenvalue weighted by Crippen LogP contribution is 2.17. The Morgan fingerprint density at radius 2 is 2.19 bits per heavy atom. The molecule has 16 heavy (non-hydrogen) atoms. The second-order valence-electron chi connectivity index (χ2n) is 3.43. The zero-order valence-corrected chi connectivity index (χ0v) is 10.2. The van der Waals surface area contributed by atoms with Crippen molar-refractivity contribution in [2.45, 2.75) is 6.92 Å². The van der Waals surface area contributed by atoms with Gasteiger partial charge in [0.25, 0.3) is 5.91 Å². The van der Waals surface area contributed by atoms with Crippen LogP contribution in [0.4, 0.5) is 0 Å². The van der Waals surface area contributed by atoms with Gasteiger partial charge in [0.1, 0.15) is 0 Å². The molecule has 0 spiro atoms. The predicted octanol–water partition coefficient (Wildman–Crippen LogP) is 2.04. The van der Waals surface area contributed by atoms with E-state index in [-0.39, 0.29) is 5.69 Å². The Kier molecular flexibility index (Phi) is 2.78. The third-order valence-corrected chi connectivity index (χ3v) is 2.69. The molecule has 1 aromatic heterocycles. The minimum atomic E-state index is -0.517. The third kappa shape index (κ3) is 1.99. The van der Waals surface area contributed by atoms with E-state index in [1.54, 1.807) is 10.7 Å². The lowest BCUT2D eigenvalue weighted by atomic mass is 10.3. The van der Waals surface area contributed by atoms with Gasteiger partial charge in [0.15, 0.2) is 5.69 Å². The Hall–Kier alpha value is -1.62. The number of nitrogens with zero attached hydrogens (tertiary/aromatic N) is 2. The van der Waals surface area contributed by atoms with Crippen molar-refractivity contribution in [3.05, 3.63) is 46.2 Å². The van der Waals surface area contributed by atoms with Gasteiger partial charge in [-0.25, -0.2) is 4.68 Å². The van der Waals surface area contributed by atoms with Crippen LogP contribution in [0.3, 0.4) is 0 Å². The number of aryl methyl sites for hydroxylation is 1. The summed E-state index contributed by atoms with van der Waals surface area (Å²) in [5.74, 6) is -0.517. The Bertz CT molecular complexity index is 548. The number of benzene rings is 1. The van der Waals surface area contributed by atoms with Crippen molar-refractivity contribution in [1.29, 1.82) is 0 Å². The van der Waals surface area contributed by atoms with E-state index in [9.17, 15) is 4.79 Å². The summed E-state index contributed by atoms with van der Waals surface area (Å²) >= 11 is 3.39. The smallest absolute Gasteiger partial charge is 0.269 e. The normalized spacial score (nSPS) is 10.4. The van der Waals surface area contributed by atoms with Gasteiger partial charge in [-0.15, -0.1) is 0 Å². The van der Waals surface area contributed by atoms with Gasteiger partial charge in [0, 0.05) is 10.2 Å². The van der Waals surface area contributed by atoms with Crippen molar-refractivity contribution in [2.24, 2.45) is 5.73 Å². The molecule has 0 aliphatic heterocycles. The maximum Gasteiger partial charge on any atom is 0.269 e. The zero-order chi connectivity index (χ0) is 11.7. The number of amides is 1. The van der Waals surface area contributed by atoms with E-state index in [1.807, 2.05) is 31.2 Å². The number of rotatable bonds is 2. The van der Waals surface area contributed by atoms with Crippen molar-refractivity contribution in [1.82, 2.24) is 9.78 Å². The first-order valence-corrected chi connectivity index (χ1v) is 5.49. The Morgan fingerprint density at radius 3 is 2.75 bits per heavy atom. The fourth-order valence-electron chi connectivity index (χ4n) is 1.46. The fraction of sp³-hybridized carbons (Fsp3) is 0.0909. The van der Waals surface area contributed by atoms with Crippen LogP contribution >= 0.6 is 15.9 Å². The maximum atomic E-state index is 11.0. The average Bonchev–Trinajstić information content (AvgIpc) is 2.60. The first-order chi connectivity index (χ1) is 7.58. The molecular weight excluding hydrogens is 270 g/mol. The molecule has 82 valence electrons. The summed E-state index contributed by atoms with van der Waals surface area (Å²) < 4.78 is 2.64. The van der Waals surface area contributed by atoms with Crippen molar-refractivity contribution in [3.63, 3.8) is 0 Å². The van der Waals surface area contributed by atoms with Crippen LogP contribution in [0.2, 0.25) is 0 Å². The van der Waals surface area contributed by atoms with Crippen LogP contribution in [0.5, 0.6) is 0 Å². The summed E-state index contributed by atoms with van der Waals surface area (Å²) in [5, 5.41) is 4.14. The van der Waals surface area contributed by atoms with Crippen LogP contribution < -0.4 is 5.73 Å². The number of aromatic nitrogens is 2. The Morgan fingerprint density at radius 1 is 1.44 bits per heavy atom. The van der Waals surface area contributed by atoms with Crippen LogP contribution in [-0.4, -0.2) is 15.7 Å². The number of hydrogen-bond acceptors (Lipinski definition) is 2. The van der Waals surface area contributed by atoms with Crippen molar-refractivity contribution < 1.29 is 4.79 Å². The van der Waals surface area contributed by atoms with Gasteiger partial charge < -0.3 is 5.73 Å². The monoisotopic (exact) mass is 279 g/mol. The lowest BCUT2D eigenvalue weighted by molar-refractivity contribution is 0.0995. The SMILES string of the molecule is Cc1cc(C(N)=O)nn1-c1cccc(Br)c1. The summed E-state index contributed by atoms with van der Waals surface area (Å²) in [7, 11) is 0. The van der Waals surface area contributed by atoms with Gasteiger partial charge in [-0.3, -0.25) is 4.79 Å². The molecule has 4 nitrogen and oxygen atoms in total. The number of halogens is 1. The molecule has 0 bridgehead atoms. The highest BCUT2D eigenvalue weighted by Gasteiger charge is 2.09. The molecule has 1 amide bonds. The van der Waals surface area contributed by atoms with Gasteiger partial charge in [0.05, 0.1) is 5.69 Å². The van der Waals surface area contributed by atoms with E-state index in [4.69, 9.17) is 5.73 Å². The van der Waals surface area contributed by atoms with Gasteiger partial charge in [-0.2, -0.15) is 5.10 Å². The summed E-state index contributed by atoms with van der Waals surface area (Å²) in [6.45, 7) is 1.88. The standard InChI is InChI=1S/C11H10BrN3O/c1-7-5-10(11(13)16)14-15(7)9-4-2-3-8(12)6-9/h2-6H,1H3,(H2,13,16). The second-order valence-corrected chi connectivity index (χ2v) is 4.34. The maximum absolute atomic E-state index is 11.0. The molecule has 2 rings (SSSR count). The topological polar surface area (TPSA) is 60.9 Å². The number of carbonyl (C=O) groups is 1.